The fourth-order valence-electron chi connectivity index (χ4n) is 2.34. The zero-order valence-corrected chi connectivity index (χ0v) is 10.4. The van der Waals surface area contributed by atoms with Crippen molar-refractivity contribution >= 4 is 22.4 Å². The van der Waals surface area contributed by atoms with Crippen LogP contribution >= 0.6 is 11.5 Å². The van der Waals surface area contributed by atoms with Gasteiger partial charge in [-0.15, -0.1) is 0 Å². The summed E-state index contributed by atoms with van der Waals surface area (Å²) in [5, 5.41) is 4.73. The van der Waals surface area contributed by atoms with Crippen LogP contribution in [0, 0.1) is 6.92 Å². The van der Waals surface area contributed by atoms with E-state index in [0.29, 0.717) is 11.9 Å². The minimum Gasteiger partial charge on any atom is -0.383 e. The van der Waals surface area contributed by atoms with Gasteiger partial charge in [0.1, 0.15) is 10.8 Å². The number of nitrogens with zero attached hydrogens (tertiary/aromatic N) is 2. The number of nitrogens with two attached hydrogens (primary N) is 1. The number of anilines is 2. The SMILES string of the molecule is Cc1c(N)nsc1NC1CCN(C2CC2)C1. The molecule has 16 heavy (non-hydrogen) atoms. The van der Waals surface area contributed by atoms with Crippen LogP contribution in [0.1, 0.15) is 24.8 Å². The van der Waals surface area contributed by atoms with E-state index in [4.69, 9.17) is 5.73 Å². The van der Waals surface area contributed by atoms with Crippen LogP contribution in [-0.4, -0.2) is 34.4 Å². The number of rotatable bonds is 3. The third-order valence-electron chi connectivity index (χ3n) is 3.58. The van der Waals surface area contributed by atoms with E-state index in [-0.39, 0.29) is 0 Å². The maximum absolute atomic E-state index is 5.75. The molecule has 1 aliphatic heterocycles. The average Bonchev–Trinajstić information content (AvgIpc) is 2.96. The van der Waals surface area contributed by atoms with Gasteiger partial charge in [-0.3, -0.25) is 4.90 Å². The van der Waals surface area contributed by atoms with Gasteiger partial charge in [0.25, 0.3) is 0 Å². The highest BCUT2D eigenvalue weighted by Crippen LogP contribution is 2.32. The summed E-state index contributed by atoms with van der Waals surface area (Å²) in [5.41, 5.74) is 6.86. The van der Waals surface area contributed by atoms with Gasteiger partial charge in [0, 0.05) is 30.7 Å². The van der Waals surface area contributed by atoms with Crippen molar-refractivity contribution in [2.24, 2.45) is 0 Å². The summed E-state index contributed by atoms with van der Waals surface area (Å²) in [6, 6.07) is 1.47. The summed E-state index contributed by atoms with van der Waals surface area (Å²) >= 11 is 1.48. The van der Waals surface area contributed by atoms with E-state index in [1.165, 1.54) is 43.9 Å². The lowest BCUT2D eigenvalue weighted by atomic mass is 10.2. The third-order valence-corrected chi connectivity index (χ3v) is 4.47. The Morgan fingerprint density at radius 2 is 2.25 bits per heavy atom. The van der Waals surface area contributed by atoms with Crippen LogP contribution in [0.2, 0.25) is 0 Å². The van der Waals surface area contributed by atoms with Crippen LogP contribution in [0.4, 0.5) is 10.8 Å². The maximum Gasteiger partial charge on any atom is 0.142 e. The monoisotopic (exact) mass is 238 g/mol. The minimum atomic E-state index is 0.583. The number of nitrogen functional groups attached to an aromatic ring is 1. The summed E-state index contributed by atoms with van der Waals surface area (Å²) < 4.78 is 4.17. The Labute approximate surface area is 100.0 Å². The van der Waals surface area contributed by atoms with Gasteiger partial charge >= 0.3 is 0 Å². The number of aromatic nitrogens is 1. The largest absolute Gasteiger partial charge is 0.383 e. The molecule has 1 unspecified atom stereocenters. The molecule has 1 aromatic rings. The van der Waals surface area contributed by atoms with Crippen molar-refractivity contribution in [3.05, 3.63) is 5.56 Å². The highest BCUT2D eigenvalue weighted by molar-refractivity contribution is 7.10. The zero-order valence-electron chi connectivity index (χ0n) is 9.57. The standard InChI is InChI=1S/C11H18N4S/c1-7-10(12)14-16-11(7)13-8-4-5-15(6-8)9-2-3-9/h8-9,13H,2-6H2,1H3,(H2,12,14). The molecule has 2 fully saturated rings. The second-order valence-corrected chi connectivity index (χ2v) is 5.65. The average molecular weight is 238 g/mol. The summed E-state index contributed by atoms with van der Waals surface area (Å²) in [5.74, 6) is 0.671. The second-order valence-electron chi connectivity index (χ2n) is 4.88. The summed E-state index contributed by atoms with van der Waals surface area (Å²) in [6.07, 6.45) is 4.05. The van der Waals surface area contributed by atoms with Crippen molar-refractivity contribution in [3.63, 3.8) is 0 Å². The Morgan fingerprint density at radius 3 is 2.88 bits per heavy atom. The first-order chi connectivity index (χ1) is 7.74. The number of hydrogen-bond acceptors (Lipinski definition) is 5. The van der Waals surface area contributed by atoms with Crippen LogP contribution in [0.25, 0.3) is 0 Å². The number of likely N-dealkylation sites (tertiary alicyclic amines) is 1. The van der Waals surface area contributed by atoms with Crippen LogP contribution in [0.15, 0.2) is 0 Å². The van der Waals surface area contributed by atoms with E-state index >= 15 is 0 Å². The Hall–Kier alpha value is -0.810. The Bertz CT molecular complexity index is 385. The lowest BCUT2D eigenvalue weighted by Crippen LogP contribution is -2.27. The fourth-order valence-corrected chi connectivity index (χ4v) is 3.13. The van der Waals surface area contributed by atoms with Gasteiger partial charge in [0.2, 0.25) is 0 Å². The van der Waals surface area contributed by atoms with Crippen molar-refractivity contribution in [2.75, 3.05) is 24.1 Å². The van der Waals surface area contributed by atoms with E-state index in [1.807, 2.05) is 6.92 Å². The summed E-state index contributed by atoms with van der Waals surface area (Å²) in [4.78, 5) is 2.61. The van der Waals surface area contributed by atoms with E-state index in [2.05, 4.69) is 14.6 Å². The molecule has 0 aromatic carbocycles. The molecule has 1 saturated carbocycles. The molecule has 3 rings (SSSR count). The van der Waals surface area contributed by atoms with Gasteiger partial charge in [-0.1, -0.05) is 0 Å². The third kappa shape index (κ3) is 1.89. The predicted octanol–water partition coefficient (Wildman–Crippen LogP) is 1.68. The molecular formula is C11H18N4S. The van der Waals surface area contributed by atoms with Gasteiger partial charge < -0.3 is 11.1 Å². The molecule has 1 aromatic heterocycles. The molecule has 3 N–H and O–H groups in total. The molecule has 88 valence electrons. The van der Waals surface area contributed by atoms with Crippen LogP contribution in [0.5, 0.6) is 0 Å². The second kappa shape index (κ2) is 3.89. The van der Waals surface area contributed by atoms with Gasteiger partial charge in [-0.05, 0) is 37.7 Å². The van der Waals surface area contributed by atoms with Crippen molar-refractivity contribution < 1.29 is 0 Å². The summed E-state index contributed by atoms with van der Waals surface area (Å²) in [7, 11) is 0. The normalized spacial score (nSPS) is 26.2. The minimum absolute atomic E-state index is 0.583. The van der Waals surface area contributed by atoms with Crippen molar-refractivity contribution in [3.8, 4) is 0 Å². The first kappa shape index (κ1) is 10.4. The fraction of sp³-hybridized carbons (Fsp3) is 0.727. The van der Waals surface area contributed by atoms with Crippen LogP contribution in [0.3, 0.4) is 0 Å². The molecule has 5 heteroatoms. The molecular weight excluding hydrogens is 220 g/mol. The van der Waals surface area contributed by atoms with Crippen molar-refractivity contribution in [1.29, 1.82) is 0 Å². The van der Waals surface area contributed by atoms with Gasteiger partial charge in [-0.25, -0.2) is 0 Å². The van der Waals surface area contributed by atoms with Gasteiger partial charge in [-0.2, -0.15) is 4.37 Å². The molecule has 1 saturated heterocycles. The number of nitrogens with one attached hydrogen (secondary N) is 1. The first-order valence-electron chi connectivity index (χ1n) is 5.96. The quantitative estimate of drug-likeness (QED) is 0.841. The van der Waals surface area contributed by atoms with E-state index < -0.39 is 0 Å². The maximum atomic E-state index is 5.75. The zero-order chi connectivity index (χ0) is 11.1. The van der Waals surface area contributed by atoms with E-state index in [1.54, 1.807) is 0 Å². The highest BCUT2D eigenvalue weighted by atomic mass is 32.1. The smallest absolute Gasteiger partial charge is 0.142 e. The van der Waals surface area contributed by atoms with Crippen molar-refractivity contribution in [1.82, 2.24) is 9.27 Å². The van der Waals surface area contributed by atoms with Crippen molar-refractivity contribution in [2.45, 2.75) is 38.3 Å². The molecule has 1 atom stereocenters. The van der Waals surface area contributed by atoms with Crippen LogP contribution in [-0.2, 0) is 0 Å². The van der Waals surface area contributed by atoms with E-state index in [0.717, 1.165) is 16.6 Å². The molecule has 0 amide bonds. The molecule has 4 nitrogen and oxygen atoms in total. The van der Waals surface area contributed by atoms with E-state index in [9.17, 15) is 0 Å². The van der Waals surface area contributed by atoms with Gasteiger partial charge in [0.05, 0.1) is 0 Å². The Kier molecular flexibility index (Phi) is 2.52. The lowest BCUT2D eigenvalue weighted by Gasteiger charge is -2.15. The molecule has 0 bridgehead atoms. The molecule has 0 radical (unpaired) electrons. The predicted molar refractivity (Wildman–Crippen MR) is 67.9 cm³/mol. The summed E-state index contributed by atoms with van der Waals surface area (Å²) in [6.45, 7) is 4.46. The highest BCUT2D eigenvalue weighted by Gasteiger charge is 2.34. The molecule has 2 aliphatic rings. The number of hydrogen-bond donors (Lipinski definition) is 2. The molecule has 1 aliphatic carbocycles. The van der Waals surface area contributed by atoms with Crippen LogP contribution < -0.4 is 11.1 Å². The first-order valence-corrected chi connectivity index (χ1v) is 6.73. The Morgan fingerprint density at radius 1 is 1.44 bits per heavy atom. The Balaban J connectivity index is 1.61. The molecule has 2 heterocycles. The van der Waals surface area contributed by atoms with Gasteiger partial charge in [0.15, 0.2) is 0 Å². The topological polar surface area (TPSA) is 54.2 Å². The lowest BCUT2D eigenvalue weighted by molar-refractivity contribution is 0.326. The molecule has 0 spiro atoms.